The standard InChI is InChI=1S/C10H13NO2/c1-3-13-10(12)8-5-4-6-9(7-8)11-2/h4-7H,2-3,11H2,1H3. The predicted molar refractivity (Wildman–Crippen MR) is 49.3 cm³/mol. The van der Waals surface area contributed by atoms with Gasteiger partial charge < -0.3 is 10.1 Å². The number of carbonyl (C=O) groups excluding carboxylic acids is 1. The molecule has 0 saturated carbocycles. The zero-order valence-corrected chi connectivity index (χ0v) is 7.62. The monoisotopic (exact) mass is 179 g/mol. The van der Waals surface area contributed by atoms with Gasteiger partial charge in [0.05, 0.1) is 12.2 Å². The highest BCUT2D eigenvalue weighted by molar-refractivity contribution is 5.90. The number of benzene rings is 1. The number of rotatable bonds is 3. The number of ether oxygens (including phenoxy) is 1. The van der Waals surface area contributed by atoms with Crippen molar-refractivity contribution in [2.45, 2.75) is 6.92 Å². The van der Waals surface area contributed by atoms with Crippen LogP contribution in [-0.2, 0) is 4.74 Å². The van der Waals surface area contributed by atoms with Gasteiger partial charge in [-0.3, -0.25) is 0 Å². The van der Waals surface area contributed by atoms with Crippen molar-refractivity contribution in [2.24, 2.45) is 0 Å². The summed E-state index contributed by atoms with van der Waals surface area (Å²) in [6.07, 6.45) is 0. The van der Waals surface area contributed by atoms with Crippen molar-refractivity contribution in [2.75, 3.05) is 6.61 Å². The summed E-state index contributed by atoms with van der Waals surface area (Å²) < 4.78 is 4.85. The molecule has 3 nitrogen and oxygen atoms in total. The van der Waals surface area contributed by atoms with Gasteiger partial charge >= 0.3 is 5.97 Å². The van der Waals surface area contributed by atoms with Crippen LogP contribution in [0.25, 0.3) is 0 Å². The van der Waals surface area contributed by atoms with E-state index in [0.29, 0.717) is 12.2 Å². The number of quaternary nitrogens is 1. The van der Waals surface area contributed by atoms with E-state index in [-0.39, 0.29) is 5.97 Å². The molecule has 1 aromatic carbocycles. The fourth-order valence-corrected chi connectivity index (χ4v) is 1.01. The van der Waals surface area contributed by atoms with E-state index in [1.807, 2.05) is 12.1 Å². The van der Waals surface area contributed by atoms with Gasteiger partial charge in [0.2, 0.25) is 0 Å². The zero-order chi connectivity index (χ0) is 9.68. The maximum atomic E-state index is 11.3. The lowest BCUT2D eigenvalue weighted by atomic mass is 10.2. The quantitative estimate of drug-likeness (QED) is 0.424. The molecule has 0 atom stereocenters. The fourth-order valence-electron chi connectivity index (χ4n) is 1.01. The second kappa shape index (κ2) is 4.62. The Balaban J connectivity index is 2.82. The van der Waals surface area contributed by atoms with Crippen LogP contribution in [0.4, 0.5) is 5.69 Å². The Hall–Kier alpha value is -1.35. The van der Waals surface area contributed by atoms with Gasteiger partial charge in [0.1, 0.15) is 5.69 Å². The molecule has 0 saturated heterocycles. The van der Waals surface area contributed by atoms with Gasteiger partial charge in [0.15, 0.2) is 0 Å². The fraction of sp³-hybridized carbons (Fsp3) is 0.200. The first-order valence-corrected chi connectivity index (χ1v) is 4.17. The van der Waals surface area contributed by atoms with Gasteiger partial charge in [0.25, 0.3) is 0 Å². The normalized spacial score (nSPS) is 9.69. The van der Waals surface area contributed by atoms with E-state index in [4.69, 9.17) is 4.74 Å². The van der Waals surface area contributed by atoms with E-state index in [9.17, 15) is 4.79 Å². The van der Waals surface area contributed by atoms with E-state index in [1.54, 1.807) is 24.4 Å². The lowest BCUT2D eigenvalue weighted by molar-refractivity contribution is -0.504. The molecule has 0 fully saturated rings. The van der Waals surface area contributed by atoms with E-state index >= 15 is 0 Å². The molecule has 0 aromatic heterocycles. The van der Waals surface area contributed by atoms with Crippen molar-refractivity contribution >= 4 is 11.7 Å². The Labute approximate surface area is 77.7 Å². The summed E-state index contributed by atoms with van der Waals surface area (Å²) in [6.45, 7) is 2.19. The first kappa shape index (κ1) is 9.74. The molecule has 0 aliphatic carbocycles. The molecule has 2 N–H and O–H groups in total. The molecule has 0 amide bonds. The van der Waals surface area contributed by atoms with Crippen molar-refractivity contribution in [3.63, 3.8) is 0 Å². The Morgan fingerprint density at radius 1 is 1.62 bits per heavy atom. The van der Waals surface area contributed by atoms with Crippen molar-refractivity contribution in [1.82, 2.24) is 0 Å². The van der Waals surface area contributed by atoms with Crippen LogP contribution in [0.3, 0.4) is 0 Å². The summed E-state index contributed by atoms with van der Waals surface area (Å²) in [7, 11) is 3.63. The number of carbonyl (C=O) groups is 1. The second-order valence-corrected chi connectivity index (χ2v) is 2.55. The molecular formula is C10H13NO2. The lowest BCUT2D eigenvalue weighted by Crippen LogP contribution is -2.69. The molecule has 1 aromatic rings. The van der Waals surface area contributed by atoms with Crippen LogP contribution < -0.4 is 5.32 Å². The van der Waals surface area contributed by atoms with Crippen LogP contribution in [0.15, 0.2) is 24.3 Å². The third kappa shape index (κ3) is 2.56. The van der Waals surface area contributed by atoms with Gasteiger partial charge in [-0.1, -0.05) is 6.07 Å². The summed E-state index contributed by atoms with van der Waals surface area (Å²) in [6, 6.07) is 7.18. The Kier molecular flexibility index (Phi) is 3.46. The predicted octanol–water partition coefficient (Wildman–Crippen LogP) is 0.850. The number of nitrogens with two attached hydrogens (primary N) is 1. The van der Waals surface area contributed by atoms with Gasteiger partial charge in [-0.25, -0.2) is 4.79 Å². The van der Waals surface area contributed by atoms with E-state index in [1.165, 1.54) is 0 Å². The van der Waals surface area contributed by atoms with Crippen molar-refractivity contribution in [3.05, 3.63) is 36.9 Å². The maximum absolute atomic E-state index is 11.3. The molecular weight excluding hydrogens is 166 g/mol. The summed E-state index contributed by atoms with van der Waals surface area (Å²) >= 11 is 0. The number of hydrogen-bond donors (Lipinski definition) is 1. The van der Waals surface area contributed by atoms with Crippen molar-refractivity contribution in [1.29, 1.82) is 0 Å². The van der Waals surface area contributed by atoms with Crippen molar-refractivity contribution < 1.29 is 14.8 Å². The molecule has 0 bridgehead atoms. The summed E-state index contributed by atoms with van der Waals surface area (Å²) in [5.41, 5.74) is 1.49. The molecule has 0 heterocycles. The topological polar surface area (TPSA) is 42.9 Å². The molecule has 0 aliphatic rings. The van der Waals surface area contributed by atoms with E-state index < -0.39 is 0 Å². The minimum Gasteiger partial charge on any atom is -0.462 e. The van der Waals surface area contributed by atoms with Gasteiger partial charge in [-0.15, -0.1) is 7.05 Å². The SMILES string of the molecule is [CH2-][NH2+]c1cccc(C(=O)OCC)c1. The van der Waals surface area contributed by atoms with Crippen LogP contribution in [0, 0.1) is 7.05 Å². The Morgan fingerprint density at radius 3 is 3.00 bits per heavy atom. The lowest BCUT2D eigenvalue weighted by Gasteiger charge is -2.03. The smallest absolute Gasteiger partial charge is 0.338 e. The third-order valence-corrected chi connectivity index (χ3v) is 1.63. The maximum Gasteiger partial charge on any atom is 0.338 e. The first-order valence-electron chi connectivity index (χ1n) is 4.17. The van der Waals surface area contributed by atoms with Crippen LogP contribution in [0.5, 0.6) is 0 Å². The third-order valence-electron chi connectivity index (χ3n) is 1.63. The summed E-state index contributed by atoms with van der Waals surface area (Å²) in [5.74, 6) is -0.286. The van der Waals surface area contributed by atoms with Crippen LogP contribution in [-0.4, -0.2) is 12.6 Å². The highest BCUT2D eigenvalue weighted by Gasteiger charge is 2.06. The minimum atomic E-state index is -0.286. The summed E-state index contributed by atoms with van der Waals surface area (Å²) in [4.78, 5) is 11.3. The average molecular weight is 179 g/mol. The Morgan fingerprint density at radius 2 is 2.38 bits per heavy atom. The molecule has 3 heteroatoms. The number of hydrogen-bond acceptors (Lipinski definition) is 2. The molecule has 13 heavy (non-hydrogen) atoms. The summed E-state index contributed by atoms with van der Waals surface area (Å²) in [5, 5.41) is 1.70. The minimum absolute atomic E-state index is 0.286. The molecule has 1 rings (SSSR count). The largest absolute Gasteiger partial charge is 0.462 e. The molecule has 70 valence electrons. The van der Waals surface area contributed by atoms with Gasteiger partial charge in [-0.05, 0) is 19.1 Å². The van der Waals surface area contributed by atoms with Crippen LogP contribution in [0.2, 0.25) is 0 Å². The zero-order valence-electron chi connectivity index (χ0n) is 7.62. The molecule has 0 unspecified atom stereocenters. The van der Waals surface area contributed by atoms with Crippen LogP contribution in [0.1, 0.15) is 17.3 Å². The Bertz CT molecular complexity index is 297. The van der Waals surface area contributed by atoms with E-state index in [0.717, 1.165) is 5.69 Å². The van der Waals surface area contributed by atoms with Gasteiger partial charge in [-0.2, -0.15) is 0 Å². The van der Waals surface area contributed by atoms with Crippen LogP contribution >= 0.6 is 0 Å². The molecule has 0 radical (unpaired) electrons. The molecule has 0 aliphatic heterocycles. The number of esters is 1. The highest BCUT2D eigenvalue weighted by Crippen LogP contribution is 2.06. The average Bonchev–Trinajstić information content (AvgIpc) is 2.18. The highest BCUT2D eigenvalue weighted by atomic mass is 16.5. The first-order chi connectivity index (χ1) is 6.27. The van der Waals surface area contributed by atoms with Gasteiger partial charge in [0, 0.05) is 6.07 Å². The van der Waals surface area contributed by atoms with E-state index in [2.05, 4.69) is 7.05 Å². The van der Waals surface area contributed by atoms with Crippen molar-refractivity contribution in [3.8, 4) is 0 Å². The molecule has 0 spiro atoms. The second-order valence-electron chi connectivity index (χ2n) is 2.55.